The number of hydrogen-bond donors (Lipinski definition) is 0. The summed E-state index contributed by atoms with van der Waals surface area (Å²) in [6.07, 6.45) is 0.880. The van der Waals surface area contributed by atoms with Crippen LogP contribution in [0.4, 0.5) is 0 Å². The molecule has 0 amide bonds. The standard InChI is InChI=1S/C16H20O3SSi/c1-4-14-10-12-15(13-11-14)20(17,18)19-21(2,3)16-8-6-5-7-9-16/h5-13H,4H2,1-3H3. The maximum Gasteiger partial charge on any atom is 0.287 e. The van der Waals surface area contributed by atoms with E-state index in [2.05, 4.69) is 0 Å². The Labute approximate surface area is 127 Å². The minimum Gasteiger partial charge on any atom is -0.306 e. The van der Waals surface area contributed by atoms with Crippen LogP contribution in [0.1, 0.15) is 12.5 Å². The lowest BCUT2D eigenvalue weighted by Crippen LogP contribution is -2.46. The molecule has 2 aromatic carbocycles. The van der Waals surface area contributed by atoms with Crippen LogP contribution in [-0.4, -0.2) is 16.7 Å². The Bertz CT molecular complexity index is 692. The number of aryl methyl sites for hydroxylation is 1. The fourth-order valence-corrected chi connectivity index (χ4v) is 6.53. The first-order chi connectivity index (χ1) is 9.85. The van der Waals surface area contributed by atoms with Gasteiger partial charge in [-0.25, -0.2) is 0 Å². The fraction of sp³-hybridized carbons (Fsp3) is 0.250. The highest BCUT2D eigenvalue weighted by Crippen LogP contribution is 2.19. The number of hydrogen-bond acceptors (Lipinski definition) is 3. The van der Waals surface area contributed by atoms with Gasteiger partial charge in [0.1, 0.15) is 0 Å². The summed E-state index contributed by atoms with van der Waals surface area (Å²) in [5.41, 5.74) is 1.11. The van der Waals surface area contributed by atoms with Crippen molar-refractivity contribution in [2.45, 2.75) is 31.3 Å². The van der Waals surface area contributed by atoms with E-state index in [1.165, 1.54) is 0 Å². The van der Waals surface area contributed by atoms with E-state index in [1.54, 1.807) is 12.1 Å². The summed E-state index contributed by atoms with van der Waals surface area (Å²) >= 11 is 0. The van der Waals surface area contributed by atoms with Gasteiger partial charge in [-0.2, -0.15) is 8.42 Å². The molecule has 0 aromatic heterocycles. The van der Waals surface area contributed by atoms with Crippen LogP contribution >= 0.6 is 0 Å². The normalized spacial score (nSPS) is 12.3. The summed E-state index contributed by atoms with van der Waals surface area (Å²) < 4.78 is 30.4. The van der Waals surface area contributed by atoms with E-state index in [9.17, 15) is 8.42 Å². The molecule has 0 radical (unpaired) electrons. The molecule has 0 spiro atoms. The largest absolute Gasteiger partial charge is 0.306 e. The second-order valence-electron chi connectivity index (χ2n) is 5.41. The maximum absolute atomic E-state index is 12.4. The molecule has 0 unspecified atom stereocenters. The van der Waals surface area contributed by atoms with E-state index < -0.39 is 18.4 Å². The Kier molecular flexibility index (Phi) is 4.66. The molecule has 21 heavy (non-hydrogen) atoms. The zero-order chi connectivity index (χ0) is 15.5. The molecule has 0 aliphatic carbocycles. The predicted octanol–water partition coefficient (Wildman–Crippen LogP) is 3.07. The Hall–Kier alpha value is -1.43. The van der Waals surface area contributed by atoms with Crippen LogP contribution < -0.4 is 5.19 Å². The Balaban J connectivity index is 2.28. The highest BCUT2D eigenvalue weighted by Gasteiger charge is 2.32. The Morgan fingerprint density at radius 1 is 0.952 bits per heavy atom. The van der Waals surface area contributed by atoms with Gasteiger partial charge in [-0.1, -0.05) is 49.4 Å². The minimum absolute atomic E-state index is 0.219. The van der Waals surface area contributed by atoms with Crippen LogP contribution in [0.15, 0.2) is 59.5 Å². The summed E-state index contributed by atoms with van der Waals surface area (Å²) in [5, 5.41) is 0.957. The van der Waals surface area contributed by atoms with Gasteiger partial charge in [0, 0.05) is 0 Å². The van der Waals surface area contributed by atoms with Gasteiger partial charge in [0.2, 0.25) is 8.32 Å². The summed E-state index contributed by atoms with van der Waals surface area (Å²) in [4.78, 5) is 0.219. The van der Waals surface area contributed by atoms with Crippen molar-refractivity contribution in [3.05, 3.63) is 60.2 Å². The molecule has 0 aliphatic heterocycles. The molecular weight excluding hydrogens is 300 g/mol. The Morgan fingerprint density at radius 3 is 2.05 bits per heavy atom. The van der Waals surface area contributed by atoms with Crippen LogP contribution in [-0.2, 0) is 20.4 Å². The van der Waals surface area contributed by atoms with Crippen molar-refractivity contribution in [2.75, 3.05) is 0 Å². The van der Waals surface area contributed by atoms with Crippen molar-refractivity contribution in [3.8, 4) is 0 Å². The number of rotatable bonds is 5. The van der Waals surface area contributed by atoms with E-state index in [4.69, 9.17) is 3.87 Å². The molecule has 0 saturated heterocycles. The van der Waals surface area contributed by atoms with Crippen molar-refractivity contribution in [2.24, 2.45) is 0 Å². The number of benzene rings is 2. The summed E-state index contributed by atoms with van der Waals surface area (Å²) in [7, 11) is -6.24. The van der Waals surface area contributed by atoms with Crippen molar-refractivity contribution < 1.29 is 12.3 Å². The SMILES string of the molecule is CCc1ccc(S(=O)(=O)O[Si](C)(C)c2ccccc2)cc1. The van der Waals surface area contributed by atoms with Crippen molar-refractivity contribution >= 4 is 23.6 Å². The second-order valence-corrected chi connectivity index (χ2v) is 11.1. The smallest absolute Gasteiger partial charge is 0.287 e. The third kappa shape index (κ3) is 3.81. The van der Waals surface area contributed by atoms with Gasteiger partial charge in [0.15, 0.2) is 0 Å². The summed E-state index contributed by atoms with van der Waals surface area (Å²) in [6.45, 7) is 5.81. The van der Waals surface area contributed by atoms with Gasteiger partial charge in [-0.05, 0) is 42.4 Å². The van der Waals surface area contributed by atoms with Crippen LogP contribution in [0.25, 0.3) is 0 Å². The molecule has 0 fully saturated rings. The van der Waals surface area contributed by atoms with Gasteiger partial charge >= 0.3 is 0 Å². The van der Waals surface area contributed by atoms with Crippen LogP contribution in [0.3, 0.4) is 0 Å². The van der Waals surface area contributed by atoms with Crippen molar-refractivity contribution in [1.82, 2.24) is 0 Å². The van der Waals surface area contributed by atoms with Crippen LogP contribution in [0.2, 0.25) is 13.1 Å². The highest BCUT2D eigenvalue weighted by atomic mass is 32.2. The molecule has 2 aromatic rings. The lowest BCUT2D eigenvalue weighted by molar-refractivity contribution is 0.488. The molecule has 0 atom stereocenters. The third-order valence-corrected chi connectivity index (χ3v) is 8.52. The fourth-order valence-electron chi connectivity index (χ4n) is 2.10. The van der Waals surface area contributed by atoms with Crippen molar-refractivity contribution in [3.63, 3.8) is 0 Å². The van der Waals surface area contributed by atoms with Crippen LogP contribution in [0.5, 0.6) is 0 Å². The first-order valence-corrected chi connectivity index (χ1v) is 11.3. The lowest BCUT2D eigenvalue weighted by Gasteiger charge is -2.22. The molecule has 3 nitrogen and oxygen atoms in total. The van der Waals surface area contributed by atoms with E-state index in [1.807, 2.05) is 62.5 Å². The first-order valence-electron chi connectivity index (χ1n) is 6.95. The van der Waals surface area contributed by atoms with E-state index in [0.29, 0.717) is 0 Å². The topological polar surface area (TPSA) is 43.4 Å². The van der Waals surface area contributed by atoms with E-state index in [0.717, 1.165) is 17.2 Å². The molecule has 0 heterocycles. The molecule has 112 valence electrons. The maximum atomic E-state index is 12.4. The Morgan fingerprint density at radius 2 is 1.52 bits per heavy atom. The van der Waals surface area contributed by atoms with Gasteiger partial charge in [-0.15, -0.1) is 0 Å². The molecule has 0 saturated carbocycles. The van der Waals surface area contributed by atoms with Crippen molar-refractivity contribution in [1.29, 1.82) is 0 Å². The van der Waals surface area contributed by atoms with E-state index >= 15 is 0 Å². The molecule has 2 rings (SSSR count). The first kappa shape index (κ1) is 15.9. The monoisotopic (exact) mass is 320 g/mol. The van der Waals surface area contributed by atoms with Gasteiger partial charge < -0.3 is 3.87 Å². The third-order valence-electron chi connectivity index (χ3n) is 3.41. The quantitative estimate of drug-likeness (QED) is 0.795. The van der Waals surface area contributed by atoms with Gasteiger partial charge in [0.25, 0.3) is 10.1 Å². The molecule has 0 N–H and O–H groups in total. The molecule has 0 aliphatic rings. The predicted molar refractivity (Wildman–Crippen MR) is 87.6 cm³/mol. The molecule has 5 heteroatoms. The minimum atomic E-state index is -3.73. The lowest BCUT2D eigenvalue weighted by atomic mass is 10.2. The average molecular weight is 320 g/mol. The zero-order valence-corrected chi connectivity index (χ0v) is 14.4. The van der Waals surface area contributed by atoms with Crippen LogP contribution in [0, 0.1) is 0 Å². The highest BCUT2D eigenvalue weighted by molar-refractivity contribution is 7.88. The van der Waals surface area contributed by atoms with E-state index in [-0.39, 0.29) is 4.90 Å². The second kappa shape index (κ2) is 6.13. The summed E-state index contributed by atoms with van der Waals surface area (Å²) in [5.74, 6) is 0. The molecule has 0 bridgehead atoms. The molecular formula is C16H20O3SSi. The summed E-state index contributed by atoms with van der Waals surface area (Å²) in [6, 6.07) is 16.4. The zero-order valence-electron chi connectivity index (χ0n) is 12.5. The van der Waals surface area contributed by atoms with Gasteiger partial charge in [0.05, 0.1) is 4.90 Å². The average Bonchev–Trinajstić information content (AvgIpc) is 2.47. The van der Waals surface area contributed by atoms with Gasteiger partial charge in [-0.3, -0.25) is 0 Å².